The van der Waals surface area contributed by atoms with E-state index in [1.165, 1.54) is 24.4 Å². The van der Waals surface area contributed by atoms with Crippen LogP contribution < -0.4 is 5.32 Å². The van der Waals surface area contributed by atoms with E-state index < -0.39 is 4.92 Å². The van der Waals surface area contributed by atoms with Crippen molar-refractivity contribution in [3.8, 4) is 0 Å². The van der Waals surface area contributed by atoms with E-state index in [1.807, 2.05) is 6.92 Å². The summed E-state index contributed by atoms with van der Waals surface area (Å²) in [4.78, 5) is 14.1. The Hall–Kier alpha value is -2.02. The van der Waals surface area contributed by atoms with Crippen LogP contribution in [0.5, 0.6) is 0 Å². The molecule has 5 nitrogen and oxygen atoms in total. The third-order valence-corrected chi connectivity index (χ3v) is 3.63. The van der Waals surface area contributed by atoms with Crippen molar-refractivity contribution in [3.05, 3.63) is 62.0 Å². The first-order valence-corrected chi connectivity index (χ1v) is 7.05. The van der Waals surface area contributed by atoms with Gasteiger partial charge in [0, 0.05) is 12.6 Å². The monoisotopic (exact) mass is 353 g/mol. The van der Waals surface area contributed by atoms with E-state index in [1.54, 1.807) is 6.07 Å². The molecule has 21 heavy (non-hydrogen) atoms. The minimum absolute atomic E-state index is 0.0678. The number of hydrogen-bond donors (Lipinski definition) is 1. The van der Waals surface area contributed by atoms with Crippen LogP contribution in [0.15, 0.2) is 34.9 Å². The van der Waals surface area contributed by atoms with E-state index in [-0.39, 0.29) is 11.5 Å². The zero-order valence-electron chi connectivity index (χ0n) is 11.3. The van der Waals surface area contributed by atoms with Gasteiger partial charge in [-0.15, -0.1) is 0 Å². The molecule has 0 unspecified atom stereocenters. The largest absolute Gasteiger partial charge is 0.369 e. The van der Waals surface area contributed by atoms with Crippen molar-refractivity contribution >= 4 is 27.4 Å². The second-order valence-electron chi connectivity index (χ2n) is 4.53. The fourth-order valence-corrected chi connectivity index (χ4v) is 2.39. The van der Waals surface area contributed by atoms with Gasteiger partial charge >= 0.3 is 0 Å². The maximum absolute atomic E-state index is 13.0. The zero-order chi connectivity index (χ0) is 15.4. The van der Waals surface area contributed by atoms with Crippen LogP contribution in [0.4, 0.5) is 15.9 Å². The summed E-state index contributed by atoms with van der Waals surface area (Å²) in [5.74, 6) is 0.296. The number of nitro groups is 1. The molecule has 110 valence electrons. The summed E-state index contributed by atoms with van der Waals surface area (Å²) in [7, 11) is 0. The van der Waals surface area contributed by atoms with Crippen LogP contribution in [-0.2, 0) is 6.42 Å². The molecule has 1 N–H and O–H groups in total. The molecule has 0 saturated carbocycles. The number of rotatable bonds is 5. The Morgan fingerprint density at radius 3 is 2.81 bits per heavy atom. The number of aryl methyl sites for hydroxylation is 1. The molecule has 0 bridgehead atoms. The lowest BCUT2D eigenvalue weighted by molar-refractivity contribution is -0.385. The summed E-state index contributed by atoms with van der Waals surface area (Å²) in [5.41, 5.74) is 1.87. The molecule has 7 heteroatoms. The highest BCUT2D eigenvalue weighted by atomic mass is 79.9. The van der Waals surface area contributed by atoms with Gasteiger partial charge in [-0.1, -0.05) is 6.07 Å². The zero-order valence-corrected chi connectivity index (χ0v) is 12.9. The van der Waals surface area contributed by atoms with Gasteiger partial charge in [0.15, 0.2) is 0 Å². The molecule has 1 heterocycles. The summed E-state index contributed by atoms with van der Waals surface area (Å²) < 4.78 is 13.5. The van der Waals surface area contributed by atoms with E-state index >= 15 is 0 Å². The van der Waals surface area contributed by atoms with E-state index in [2.05, 4.69) is 26.2 Å². The van der Waals surface area contributed by atoms with Crippen molar-refractivity contribution < 1.29 is 9.31 Å². The molecule has 0 fully saturated rings. The average Bonchev–Trinajstić information content (AvgIpc) is 2.42. The van der Waals surface area contributed by atoms with Crippen molar-refractivity contribution in [1.82, 2.24) is 4.98 Å². The molecule has 0 aliphatic carbocycles. The van der Waals surface area contributed by atoms with E-state index in [9.17, 15) is 14.5 Å². The second-order valence-corrected chi connectivity index (χ2v) is 5.38. The van der Waals surface area contributed by atoms with Gasteiger partial charge in [-0.25, -0.2) is 9.37 Å². The number of nitrogens with zero attached hydrogens (tertiary/aromatic N) is 2. The predicted octanol–water partition coefficient (Wildman–Crippen LogP) is 3.85. The Kier molecular flexibility index (Phi) is 4.85. The summed E-state index contributed by atoms with van der Waals surface area (Å²) in [5, 5.41) is 13.7. The maximum atomic E-state index is 13.0. The van der Waals surface area contributed by atoms with Crippen LogP contribution in [0, 0.1) is 22.9 Å². The molecular formula is C14H13BrFN3O2. The van der Waals surface area contributed by atoms with Gasteiger partial charge in [0.1, 0.15) is 17.8 Å². The summed E-state index contributed by atoms with van der Waals surface area (Å²) in [6, 6.07) is 6.08. The van der Waals surface area contributed by atoms with Gasteiger partial charge in [-0.2, -0.15) is 0 Å². The lowest BCUT2D eigenvalue weighted by Gasteiger charge is -2.09. The first-order chi connectivity index (χ1) is 9.97. The van der Waals surface area contributed by atoms with Crippen LogP contribution in [0.25, 0.3) is 0 Å². The number of hydrogen-bond acceptors (Lipinski definition) is 4. The molecule has 0 aliphatic rings. The fraction of sp³-hybridized carbons (Fsp3) is 0.214. The Balaban J connectivity index is 1.99. The fourth-order valence-electron chi connectivity index (χ4n) is 1.91. The summed E-state index contributed by atoms with van der Waals surface area (Å²) in [6.45, 7) is 2.45. The quantitative estimate of drug-likeness (QED) is 0.654. The average molecular weight is 354 g/mol. The molecule has 0 amide bonds. The molecule has 0 saturated heterocycles. The number of benzene rings is 1. The number of halogens is 2. The topological polar surface area (TPSA) is 68.1 Å². The maximum Gasteiger partial charge on any atom is 0.288 e. The molecule has 0 aliphatic heterocycles. The van der Waals surface area contributed by atoms with Crippen LogP contribution in [0.3, 0.4) is 0 Å². The first-order valence-electron chi connectivity index (χ1n) is 6.26. The Labute approximate surface area is 129 Å². The van der Waals surface area contributed by atoms with Gasteiger partial charge in [0.2, 0.25) is 0 Å². The number of pyridine rings is 1. The number of anilines is 1. The lowest BCUT2D eigenvalue weighted by Crippen LogP contribution is -2.08. The first kappa shape index (κ1) is 15.4. The van der Waals surface area contributed by atoms with Crippen LogP contribution in [0.1, 0.15) is 11.1 Å². The number of aromatic nitrogens is 1. The van der Waals surface area contributed by atoms with Gasteiger partial charge in [-0.3, -0.25) is 10.1 Å². The molecule has 2 rings (SSSR count). The molecule has 0 atom stereocenters. The third-order valence-electron chi connectivity index (χ3n) is 3.03. The van der Waals surface area contributed by atoms with Crippen molar-refractivity contribution in [1.29, 1.82) is 0 Å². The van der Waals surface area contributed by atoms with Gasteiger partial charge in [0.25, 0.3) is 5.69 Å². The van der Waals surface area contributed by atoms with E-state index in [0.29, 0.717) is 23.3 Å². The molecule has 2 aromatic rings. The Morgan fingerprint density at radius 2 is 2.19 bits per heavy atom. The highest BCUT2D eigenvalue weighted by molar-refractivity contribution is 9.10. The van der Waals surface area contributed by atoms with Crippen molar-refractivity contribution in [2.75, 3.05) is 11.9 Å². The van der Waals surface area contributed by atoms with Gasteiger partial charge < -0.3 is 5.32 Å². The highest BCUT2D eigenvalue weighted by Gasteiger charge is 2.10. The summed E-state index contributed by atoms with van der Waals surface area (Å²) in [6.07, 6.45) is 1.91. The minimum Gasteiger partial charge on any atom is -0.369 e. The van der Waals surface area contributed by atoms with Gasteiger partial charge in [-0.05, 0) is 52.5 Å². The van der Waals surface area contributed by atoms with Crippen LogP contribution in [-0.4, -0.2) is 16.5 Å². The summed E-state index contributed by atoms with van der Waals surface area (Å²) >= 11 is 3.25. The normalized spacial score (nSPS) is 10.4. The van der Waals surface area contributed by atoms with Crippen molar-refractivity contribution in [2.24, 2.45) is 0 Å². The van der Waals surface area contributed by atoms with E-state index in [0.717, 1.165) is 11.1 Å². The minimum atomic E-state index is -0.497. The Morgan fingerprint density at radius 1 is 1.43 bits per heavy atom. The molecule has 0 radical (unpaired) electrons. The predicted molar refractivity (Wildman–Crippen MR) is 81.9 cm³/mol. The lowest BCUT2D eigenvalue weighted by atomic mass is 10.1. The second kappa shape index (κ2) is 6.62. The third kappa shape index (κ3) is 3.98. The van der Waals surface area contributed by atoms with Crippen LogP contribution in [0.2, 0.25) is 0 Å². The molecule has 1 aromatic heterocycles. The molecular weight excluding hydrogens is 341 g/mol. The number of nitrogens with one attached hydrogen (secondary N) is 1. The Bertz CT molecular complexity index is 679. The smallest absolute Gasteiger partial charge is 0.288 e. The van der Waals surface area contributed by atoms with E-state index in [4.69, 9.17) is 0 Å². The molecule has 1 aromatic carbocycles. The standard InChI is InChI=1S/C14H13BrFN3O2/c1-9-6-11(16)3-2-10(9)4-5-17-14-13(15)7-12(8-18-14)19(20)21/h2-3,6-8H,4-5H2,1H3,(H,17,18). The van der Waals surface area contributed by atoms with Crippen molar-refractivity contribution in [2.45, 2.75) is 13.3 Å². The highest BCUT2D eigenvalue weighted by Crippen LogP contribution is 2.24. The van der Waals surface area contributed by atoms with Crippen LogP contribution >= 0.6 is 15.9 Å². The van der Waals surface area contributed by atoms with Gasteiger partial charge in [0.05, 0.1) is 9.40 Å². The van der Waals surface area contributed by atoms with Crippen molar-refractivity contribution in [3.63, 3.8) is 0 Å². The molecule has 0 spiro atoms. The SMILES string of the molecule is Cc1cc(F)ccc1CCNc1ncc([N+](=O)[O-])cc1Br.